The summed E-state index contributed by atoms with van der Waals surface area (Å²) in [6, 6.07) is 8.50. The van der Waals surface area contributed by atoms with E-state index in [1.807, 2.05) is 32.0 Å². The van der Waals surface area contributed by atoms with Crippen LogP contribution in [0.15, 0.2) is 34.9 Å². The minimum atomic E-state index is -0.0812. The summed E-state index contributed by atoms with van der Waals surface area (Å²) in [5, 5.41) is 7.43. The molecule has 0 unspecified atom stereocenters. The summed E-state index contributed by atoms with van der Waals surface area (Å²) in [6.07, 6.45) is 4.51. The normalized spacial score (nSPS) is 14.0. The maximum Gasteiger partial charge on any atom is 0.256 e. The van der Waals surface area contributed by atoms with Crippen molar-refractivity contribution in [2.24, 2.45) is 0 Å². The lowest BCUT2D eigenvalue weighted by Gasteiger charge is -2.12. The number of aromatic nitrogens is 3. The predicted octanol–water partition coefficient (Wildman–Crippen LogP) is 3.59. The number of aryl methyl sites for hydroxylation is 2. The Kier molecular flexibility index (Phi) is 4.07. The number of benzene rings is 1. The minimum Gasteiger partial charge on any atom is -0.349 e. The summed E-state index contributed by atoms with van der Waals surface area (Å²) in [4.78, 5) is 17.1. The molecule has 0 saturated heterocycles. The van der Waals surface area contributed by atoms with Gasteiger partial charge in [0.15, 0.2) is 5.65 Å². The summed E-state index contributed by atoms with van der Waals surface area (Å²) in [5.74, 6) is -0.0812. The number of carbonyl (C=O) groups is 1. The van der Waals surface area contributed by atoms with Gasteiger partial charge < -0.3 is 5.32 Å². The Bertz CT molecular complexity index is 975. The Balaban J connectivity index is 1.74. The molecule has 128 valence electrons. The summed E-state index contributed by atoms with van der Waals surface area (Å²) >= 11 is 3.61. The van der Waals surface area contributed by atoms with E-state index < -0.39 is 0 Å². The van der Waals surface area contributed by atoms with E-state index in [4.69, 9.17) is 4.98 Å². The first-order valence-corrected chi connectivity index (χ1v) is 9.22. The van der Waals surface area contributed by atoms with Gasteiger partial charge in [0.2, 0.25) is 0 Å². The Hall–Kier alpha value is -2.21. The van der Waals surface area contributed by atoms with Gasteiger partial charge in [-0.2, -0.15) is 5.10 Å². The molecule has 0 aliphatic heterocycles. The fourth-order valence-electron chi connectivity index (χ4n) is 3.05. The van der Waals surface area contributed by atoms with Crippen LogP contribution in [-0.2, 0) is 6.42 Å². The van der Waals surface area contributed by atoms with Crippen LogP contribution in [-0.4, -0.2) is 26.5 Å². The van der Waals surface area contributed by atoms with Gasteiger partial charge in [0.25, 0.3) is 5.91 Å². The third-order valence-electron chi connectivity index (χ3n) is 4.69. The van der Waals surface area contributed by atoms with Crippen LogP contribution >= 0.6 is 15.9 Å². The second-order valence-corrected chi connectivity index (χ2v) is 7.43. The number of hydrogen-bond donors (Lipinski definition) is 1. The molecule has 1 aliphatic carbocycles. The molecule has 1 saturated carbocycles. The van der Waals surface area contributed by atoms with Crippen molar-refractivity contribution in [2.75, 3.05) is 0 Å². The van der Waals surface area contributed by atoms with E-state index in [-0.39, 0.29) is 5.91 Å². The average molecular weight is 399 g/mol. The maximum atomic E-state index is 12.4. The van der Waals surface area contributed by atoms with Gasteiger partial charge in [0, 0.05) is 28.3 Å². The predicted molar refractivity (Wildman–Crippen MR) is 99.9 cm³/mol. The zero-order chi connectivity index (χ0) is 17.6. The molecule has 0 radical (unpaired) electrons. The molecular formula is C19H19BrN4O. The zero-order valence-electron chi connectivity index (χ0n) is 14.2. The SMILES string of the molecule is Cc1nc2c(C(=O)NC3CC3)cnn2c(C)c1Cc1ccccc1Br. The molecule has 1 aromatic carbocycles. The first kappa shape index (κ1) is 16.3. The van der Waals surface area contributed by atoms with E-state index in [9.17, 15) is 4.79 Å². The molecule has 1 fully saturated rings. The van der Waals surface area contributed by atoms with Crippen molar-refractivity contribution < 1.29 is 4.79 Å². The maximum absolute atomic E-state index is 12.4. The summed E-state index contributed by atoms with van der Waals surface area (Å²) in [6.45, 7) is 4.03. The molecule has 5 nitrogen and oxygen atoms in total. The molecule has 3 aromatic rings. The van der Waals surface area contributed by atoms with E-state index in [1.54, 1.807) is 10.7 Å². The quantitative estimate of drug-likeness (QED) is 0.730. The highest BCUT2D eigenvalue weighted by Gasteiger charge is 2.26. The monoisotopic (exact) mass is 398 g/mol. The van der Waals surface area contributed by atoms with Gasteiger partial charge in [-0.1, -0.05) is 34.1 Å². The van der Waals surface area contributed by atoms with Crippen LogP contribution < -0.4 is 5.32 Å². The van der Waals surface area contributed by atoms with Gasteiger partial charge >= 0.3 is 0 Å². The van der Waals surface area contributed by atoms with Crippen molar-refractivity contribution in [3.8, 4) is 0 Å². The Morgan fingerprint density at radius 3 is 2.80 bits per heavy atom. The van der Waals surface area contributed by atoms with Crippen LogP contribution in [0.25, 0.3) is 5.65 Å². The number of rotatable bonds is 4. The minimum absolute atomic E-state index is 0.0812. The lowest BCUT2D eigenvalue weighted by Crippen LogP contribution is -2.25. The van der Waals surface area contributed by atoms with E-state index in [1.165, 1.54) is 5.56 Å². The second kappa shape index (κ2) is 6.26. The smallest absolute Gasteiger partial charge is 0.256 e. The van der Waals surface area contributed by atoms with Gasteiger partial charge in [-0.25, -0.2) is 9.50 Å². The van der Waals surface area contributed by atoms with Crippen LogP contribution in [0, 0.1) is 13.8 Å². The Labute approximate surface area is 154 Å². The fraction of sp³-hybridized carbons (Fsp3) is 0.316. The highest BCUT2D eigenvalue weighted by molar-refractivity contribution is 9.10. The van der Waals surface area contributed by atoms with Crippen molar-refractivity contribution in [3.05, 3.63) is 63.0 Å². The van der Waals surface area contributed by atoms with Gasteiger partial charge in [0.05, 0.1) is 6.20 Å². The standard InChI is InChI=1S/C19H19BrN4O/c1-11-15(9-13-5-3-4-6-17(13)20)12(2)24-18(22-11)16(10-21-24)19(25)23-14-7-8-14/h3-6,10,14H,7-9H2,1-2H3,(H,23,25). The number of halogens is 1. The Morgan fingerprint density at radius 2 is 2.08 bits per heavy atom. The van der Waals surface area contributed by atoms with Crippen molar-refractivity contribution in [1.82, 2.24) is 19.9 Å². The highest BCUT2D eigenvalue weighted by Crippen LogP contribution is 2.25. The number of carbonyl (C=O) groups excluding carboxylic acids is 1. The van der Waals surface area contributed by atoms with Crippen molar-refractivity contribution in [3.63, 3.8) is 0 Å². The molecule has 1 aliphatic rings. The van der Waals surface area contributed by atoms with Gasteiger partial charge in [-0.15, -0.1) is 0 Å². The number of nitrogens with one attached hydrogen (secondary N) is 1. The van der Waals surface area contributed by atoms with E-state index in [0.717, 1.165) is 40.7 Å². The van der Waals surface area contributed by atoms with Crippen molar-refractivity contribution in [2.45, 2.75) is 39.2 Å². The molecule has 4 rings (SSSR count). The van der Waals surface area contributed by atoms with E-state index in [2.05, 4.69) is 32.4 Å². The van der Waals surface area contributed by atoms with Crippen molar-refractivity contribution >= 4 is 27.5 Å². The Morgan fingerprint density at radius 1 is 1.32 bits per heavy atom. The van der Waals surface area contributed by atoms with Gasteiger partial charge in [-0.05, 0) is 43.9 Å². The number of nitrogens with zero attached hydrogens (tertiary/aromatic N) is 3. The first-order valence-electron chi connectivity index (χ1n) is 8.42. The topological polar surface area (TPSA) is 59.3 Å². The molecular weight excluding hydrogens is 380 g/mol. The molecule has 2 aromatic heterocycles. The molecule has 25 heavy (non-hydrogen) atoms. The average Bonchev–Trinajstić information content (AvgIpc) is 3.29. The van der Waals surface area contributed by atoms with E-state index in [0.29, 0.717) is 17.3 Å². The molecule has 0 spiro atoms. The van der Waals surface area contributed by atoms with Gasteiger partial charge in [-0.3, -0.25) is 4.79 Å². The van der Waals surface area contributed by atoms with Crippen LogP contribution in [0.3, 0.4) is 0 Å². The van der Waals surface area contributed by atoms with Crippen LogP contribution in [0.4, 0.5) is 0 Å². The molecule has 2 heterocycles. The second-order valence-electron chi connectivity index (χ2n) is 6.57. The summed E-state index contributed by atoms with van der Waals surface area (Å²) in [7, 11) is 0. The van der Waals surface area contributed by atoms with Crippen LogP contribution in [0.2, 0.25) is 0 Å². The molecule has 0 atom stereocenters. The number of hydrogen-bond acceptors (Lipinski definition) is 3. The molecule has 1 N–H and O–H groups in total. The lowest BCUT2D eigenvalue weighted by atomic mass is 10.0. The molecule has 0 bridgehead atoms. The third kappa shape index (κ3) is 3.06. The van der Waals surface area contributed by atoms with E-state index >= 15 is 0 Å². The molecule has 1 amide bonds. The zero-order valence-corrected chi connectivity index (χ0v) is 15.8. The first-order chi connectivity index (χ1) is 12.0. The molecule has 6 heteroatoms. The summed E-state index contributed by atoms with van der Waals surface area (Å²) < 4.78 is 2.86. The number of fused-ring (bicyclic) bond motifs is 1. The van der Waals surface area contributed by atoms with Crippen molar-refractivity contribution in [1.29, 1.82) is 0 Å². The van der Waals surface area contributed by atoms with Gasteiger partial charge in [0.1, 0.15) is 5.56 Å². The largest absolute Gasteiger partial charge is 0.349 e. The highest BCUT2D eigenvalue weighted by atomic mass is 79.9. The summed E-state index contributed by atoms with van der Waals surface area (Å²) in [5.41, 5.74) is 5.46. The number of amides is 1. The lowest BCUT2D eigenvalue weighted by molar-refractivity contribution is 0.0952. The fourth-order valence-corrected chi connectivity index (χ4v) is 3.47. The van der Waals surface area contributed by atoms with Crippen LogP contribution in [0.5, 0.6) is 0 Å². The van der Waals surface area contributed by atoms with Crippen LogP contribution in [0.1, 0.15) is 45.7 Å². The third-order valence-corrected chi connectivity index (χ3v) is 5.46.